The van der Waals surface area contributed by atoms with Gasteiger partial charge in [0.05, 0.1) is 6.61 Å². The van der Waals surface area contributed by atoms with Crippen LogP contribution in [0.5, 0.6) is 0 Å². The summed E-state index contributed by atoms with van der Waals surface area (Å²) in [6.45, 7) is 5.40. The van der Waals surface area contributed by atoms with Crippen LogP contribution in [0.2, 0.25) is 0 Å². The van der Waals surface area contributed by atoms with Crippen molar-refractivity contribution in [2.24, 2.45) is 0 Å². The number of rotatable bonds is 7. The summed E-state index contributed by atoms with van der Waals surface area (Å²) in [5.41, 5.74) is 2.94. The van der Waals surface area contributed by atoms with E-state index in [1.165, 1.54) is 0 Å². The van der Waals surface area contributed by atoms with Crippen LogP contribution in [0.15, 0.2) is 54.6 Å². The minimum Gasteiger partial charge on any atom is -0.380 e. The van der Waals surface area contributed by atoms with Crippen LogP contribution in [0.3, 0.4) is 0 Å². The van der Waals surface area contributed by atoms with Gasteiger partial charge in [-0.3, -0.25) is 4.79 Å². The summed E-state index contributed by atoms with van der Waals surface area (Å²) in [7, 11) is 1.67. The molecule has 0 heterocycles. The quantitative estimate of drug-likeness (QED) is 0.764. The number of benzene rings is 2. The van der Waals surface area contributed by atoms with Crippen molar-refractivity contribution in [2.75, 3.05) is 7.11 Å². The molecule has 1 atom stereocenters. The van der Waals surface area contributed by atoms with Crippen molar-refractivity contribution in [3.8, 4) is 0 Å². The molecule has 0 aliphatic rings. The van der Waals surface area contributed by atoms with Crippen LogP contribution in [0.1, 0.15) is 41.8 Å². The molecule has 0 aliphatic carbocycles. The van der Waals surface area contributed by atoms with Crippen molar-refractivity contribution >= 4 is 5.91 Å². The number of ether oxygens (including phenoxy) is 1. The van der Waals surface area contributed by atoms with E-state index in [1.807, 2.05) is 47.4 Å². The number of hydrogen-bond donors (Lipinski definition) is 0. The third kappa shape index (κ3) is 4.67. The minimum absolute atomic E-state index is 0.0761. The molecular weight excluding hydrogens is 286 g/mol. The van der Waals surface area contributed by atoms with Gasteiger partial charge in [-0.1, -0.05) is 49.4 Å². The van der Waals surface area contributed by atoms with Crippen molar-refractivity contribution in [2.45, 2.75) is 39.5 Å². The lowest BCUT2D eigenvalue weighted by molar-refractivity contribution is 0.0671. The molecule has 3 nitrogen and oxygen atoms in total. The minimum atomic E-state index is 0.0761. The number of methoxy groups -OCH3 is 1. The fourth-order valence-electron chi connectivity index (χ4n) is 2.50. The Morgan fingerprint density at radius 2 is 1.70 bits per heavy atom. The predicted octanol–water partition coefficient (Wildman–Crippen LogP) is 4.27. The Bertz CT molecular complexity index is 607. The first-order valence-corrected chi connectivity index (χ1v) is 8.08. The topological polar surface area (TPSA) is 29.5 Å². The van der Waals surface area contributed by atoms with Crippen LogP contribution in [0, 0.1) is 0 Å². The smallest absolute Gasteiger partial charge is 0.254 e. The monoisotopic (exact) mass is 311 g/mol. The van der Waals surface area contributed by atoms with Gasteiger partial charge in [-0.05, 0) is 36.6 Å². The summed E-state index contributed by atoms with van der Waals surface area (Å²) in [5.74, 6) is 0.0761. The summed E-state index contributed by atoms with van der Waals surface area (Å²) in [4.78, 5) is 14.9. The number of nitrogens with zero attached hydrogens (tertiary/aromatic N) is 1. The van der Waals surface area contributed by atoms with Gasteiger partial charge >= 0.3 is 0 Å². The average Bonchev–Trinajstić information content (AvgIpc) is 2.60. The standard InChI is InChI=1S/C20H25NO2/c1-4-16(2)21(14-17-8-6-5-7-9-17)20(22)19-12-10-18(11-13-19)15-23-3/h5-13,16H,4,14-15H2,1-3H3. The summed E-state index contributed by atoms with van der Waals surface area (Å²) < 4.78 is 5.11. The number of carbonyl (C=O) groups excluding carboxylic acids is 1. The maximum absolute atomic E-state index is 12.9. The van der Waals surface area contributed by atoms with Gasteiger partial charge in [0.1, 0.15) is 0 Å². The van der Waals surface area contributed by atoms with Crippen molar-refractivity contribution in [1.29, 1.82) is 0 Å². The van der Waals surface area contributed by atoms with Crippen LogP contribution in [0.25, 0.3) is 0 Å². The normalized spacial score (nSPS) is 12.0. The zero-order valence-corrected chi connectivity index (χ0v) is 14.2. The van der Waals surface area contributed by atoms with Gasteiger partial charge < -0.3 is 9.64 Å². The van der Waals surface area contributed by atoms with E-state index >= 15 is 0 Å². The Morgan fingerprint density at radius 3 is 2.26 bits per heavy atom. The first-order valence-electron chi connectivity index (χ1n) is 8.08. The number of amides is 1. The zero-order chi connectivity index (χ0) is 16.7. The van der Waals surface area contributed by atoms with E-state index in [2.05, 4.69) is 26.0 Å². The second-order valence-corrected chi connectivity index (χ2v) is 5.81. The molecule has 0 fully saturated rings. The highest BCUT2D eigenvalue weighted by Crippen LogP contribution is 2.16. The molecule has 1 unspecified atom stereocenters. The summed E-state index contributed by atoms with van der Waals surface area (Å²) >= 11 is 0. The molecule has 2 rings (SSSR count). The van der Waals surface area contributed by atoms with E-state index in [1.54, 1.807) is 7.11 Å². The van der Waals surface area contributed by atoms with Gasteiger partial charge in [-0.2, -0.15) is 0 Å². The average molecular weight is 311 g/mol. The van der Waals surface area contributed by atoms with Gasteiger partial charge in [-0.15, -0.1) is 0 Å². The van der Waals surface area contributed by atoms with Crippen molar-refractivity contribution < 1.29 is 9.53 Å². The molecule has 0 radical (unpaired) electrons. The van der Waals surface area contributed by atoms with Crippen molar-refractivity contribution in [3.05, 3.63) is 71.3 Å². The Morgan fingerprint density at radius 1 is 1.04 bits per heavy atom. The Hall–Kier alpha value is -2.13. The highest BCUT2D eigenvalue weighted by molar-refractivity contribution is 5.94. The molecule has 122 valence electrons. The van der Waals surface area contributed by atoms with E-state index in [-0.39, 0.29) is 11.9 Å². The number of hydrogen-bond acceptors (Lipinski definition) is 2. The second-order valence-electron chi connectivity index (χ2n) is 5.81. The third-order valence-electron chi connectivity index (χ3n) is 4.09. The first-order chi connectivity index (χ1) is 11.2. The second kappa shape index (κ2) is 8.49. The molecule has 0 saturated heterocycles. The highest BCUT2D eigenvalue weighted by Gasteiger charge is 2.20. The van der Waals surface area contributed by atoms with Crippen molar-refractivity contribution in [3.63, 3.8) is 0 Å². The van der Waals surface area contributed by atoms with Gasteiger partial charge in [0, 0.05) is 25.3 Å². The van der Waals surface area contributed by atoms with E-state index < -0.39 is 0 Å². The van der Waals surface area contributed by atoms with E-state index in [0.717, 1.165) is 23.1 Å². The van der Waals surface area contributed by atoms with Gasteiger partial charge in [-0.25, -0.2) is 0 Å². The Balaban J connectivity index is 2.19. The Kier molecular flexibility index (Phi) is 6.36. The van der Waals surface area contributed by atoms with Crippen LogP contribution in [-0.2, 0) is 17.9 Å². The number of carbonyl (C=O) groups is 1. The molecule has 0 saturated carbocycles. The molecule has 1 amide bonds. The van der Waals surface area contributed by atoms with Gasteiger partial charge in [0.25, 0.3) is 5.91 Å². The Labute approximate surface area is 138 Å². The fourth-order valence-corrected chi connectivity index (χ4v) is 2.50. The first kappa shape index (κ1) is 17.2. The van der Waals surface area contributed by atoms with Crippen LogP contribution in [-0.4, -0.2) is 24.0 Å². The van der Waals surface area contributed by atoms with Crippen LogP contribution in [0.4, 0.5) is 0 Å². The molecule has 3 heteroatoms. The van der Waals surface area contributed by atoms with E-state index in [4.69, 9.17) is 4.74 Å². The molecule has 0 aliphatic heterocycles. The lowest BCUT2D eigenvalue weighted by atomic mass is 10.1. The molecule has 2 aromatic rings. The summed E-state index contributed by atoms with van der Waals surface area (Å²) in [5, 5.41) is 0. The van der Waals surface area contributed by atoms with Crippen LogP contribution < -0.4 is 0 Å². The van der Waals surface area contributed by atoms with E-state index in [9.17, 15) is 4.79 Å². The van der Waals surface area contributed by atoms with Crippen molar-refractivity contribution in [1.82, 2.24) is 4.90 Å². The summed E-state index contributed by atoms with van der Waals surface area (Å²) in [6, 6.07) is 18.0. The highest BCUT2D eigenvalue weighted by atomic mass is 16.5. The molecule has 0 bridgehead atoms. The van der Waals surface area contributed by atoms with E-state index in [0.29, 0.717) is 13.2 Å². The predicted molar refractivity (Wildman–Crippen MR) is 93.2 cm³/mol. The third-order valence-corrected chi connectivity index (χ3v) is 4.09. The molecule has 23 heavy (non-hydrogen) atoms. The van der Waals surface area contributed by atoms with Gasteiger partial charge in [0.2, 0.25) is 0 Å². The lowest BCUT2D eigenvalue weighted by Gasteiger charge is -2.29. The summed E-state index contributed by atoms with van der Waals surface area (Å²) in [6.07, 6.45) is 0.931. The largest absolute Gasteiger partial charge is 0.380 e. The molecule has 2 aromatic carbocycles. The molecule has 0 spiro atoms. The molecule has 0 aromatic heterocycles. The zero-order valence-electron chi connectivity index (χ0n) is 14.2. The lowest BCUT2D eigenvalue weighted by Crippen LogP contribution is -2.37. The van der Waals surface area contributed by atoms with Crippen LogP contribution >= 0.6 is 0 Å². The SMILES string of the molecule is CCC(C)N(Cc1ccccc1)C(=O)c1ccc(COC)cc1. The fraction of sp³-hybridized carbons (Fsp3) is 0.350. The molecular formula is C20H25NO2. The maximum atomic E-state index is 12.9. The van der Waals surface area contributed by atoms with Gasteiger partial charge in [0.15, 0.2) is 0 Å². The maximum Gasteiger partial charge on any atom is 0.254 e. The molecule has 0 N–H and O–H groups in total.